The highest BCUT2D eigenvalue weighted by Gasteiger charge is 2.46. The van der Waals surface area contributed by atoms with Crippen LogP contribution in [0.4, 0.5) is 0 Å². The SMILES string of the molecule is C[C@H]1Cc2cc(/C(O)=C3\C(=O)C(=O)N(CCc4ccccc4)[C@H]3c3cccc(Br)c3)ccc2O1. The van der Waals surface area contributed by atoms with E-state index >= 15 is 0 Å². The summed E-state index contributed by atoms with van der Waals surface area (Å²) in [6.07, 6.45) is 1.40. The number of carbonyl (C=O) groups is 2. The normalized spacial score (nSPS) is 20.9. The summed E-state index contributed by atoms with van der Waals surface area (Å²) < 4.78 is 6.60. The van der Waals surface area contributed by atoms with E-state index in [2.05, 4.69) is 15.9 Å². The molecule has 5 rings (SSSR count). The van der Waals surface area contributed by atoms with Crippen molar-refractivity contribution in [2.45, 2.75) is 31.9 Å². The zero-order valence-electron chi connectivity index (χ0n) is 18.7. The van der Waals surface area contributed by atoms with Gasteiger partial charge in [-0.05, 0) is 60.4 Å². The first-order valence-electron chi connectivity index (χ1n) is 11.3. The summed E-state index contributed by atoms with van der Waals surface area (Å²) in [5.74, 6) is -0.634. The van der Waals surface area contributed by atoms with Crippen molar-refractivity contribution in [3.8, 4) is 5.75 Å². The summed E-state index contributed by atoms with van der Waals surface area (Å²) >= 11 is 3.50. The van der Waals surface area contributed by atoms with Gasteiger partial charge in [0.05, 0.1) is 11.6 Å². The Kier molecular flexibility index (Phi) is 6.00. The summed E-state index contributed by atoms with van der Waals surface area (Å²) in [5, 5.41) is 11.3. The van der Waals surface area contributed by atoms with E-state index in [-0.39, 0.29) is 17.4 Å². The number of ketones is 1. The summed E-state index contributed by atoms with van der Waals surface area (Å²) in [6.45, 7) is 2.35. The van der Waals surface area contributed by atoms with E-state index in [1.807, 2.05) is 73.7 Å². The molecule has 3 aromatic carbocycles. The molecule has 1 N–H and O–H groups in total. The summed E-state index contributed by atoms with van der Waals surface area (Å²) in [7, 11) is 0. The first-order chi connectivity index (χ1) is 16.4. The Morgan fingerprint density at radius 3 is 2.62 bits per heavy atom. The molecule has 0 aliphatic carbocycles. The van der Waals surface area contributed by atoms with Gasteiger partial charge in [-0.1, -0.05) is 58.4 Å². The predicted molar refractivity (Wildman–Crippen MR) is 134 cm³/mol. The van der Waals surface area contributed by atoms with Crippen molar-refractivity contribution in [3.05, 3.63) is 105 Å². The van der Waals surface area contributed by atoms with Crippen LogP contribution in [0.3, 0.4) is 0 Å². The summed E-state index contributed by atoms with van der Waals surface area (Å²) in [4.78, 5) is 28.0. The number of amides is 1. The molecule has 2 aliphatic rings. The van der Waals surface area contributed by atoms with Gasteiger partial charge in [-0.2, -0.15) is 0 Å². The second-order valence-corrected chi connectivity index (χ2v) is 9.65. The Morgan fingerprint density at radius 2 is 1.85 bits per heavy atom. The molecule has 2 heterocycles. The first-order valence-corrected chi connectivity index (χ1v) is 12.1. The Hall–Kier alpha value is -3.38. The fourth-order valence-corrected chi connectivity index (χ4v) is 5.17. The molecule has 5 nitrogen and oxygen atoms in total. The van der Waals surface area contributed by atoms with Gasteiger partial charge in [-0.25, -0.2) is 0 Å². The third-order valence-corrected chi connectivity index (χ3v) is 6.85. The molecule has 6 heteroatoms. The fourth-order valence-electron chi connectivity index (χ4n) is 4.75. The molecule has 0 aromatic heterocycles. The van der Waals surface area contributed by atoms with Gasteiger partial charge in [0.15, 0.2) is 0 Å². The van der Waals surface area contributed by atoms with Crippen LogP contribution in [-0.4, -0.2) is 34.3 Å². The lowest BCUT2D eigenvalue weighted by atomic mass is 9.94. The minimum absolute atomic E-state index is 0.0673. The van der Waals surface area contributed by atoms with Crippen molar-refractivity contribution < 1.29 is 19.4 Å². The van der Waals surface area contributed by atoms with Crippen LogP contribution in [0.15, 0.2) is 82.8 Å². The number of Topliss-reactive ketones (excluding diaryl/α,β-unsaturated/α-hetero) is 1. The summed E-state index contributed by atoms with van der Waals surface area (Å²) in [5.41, 5.74) is 3.45. The maximum atomic E-state index is 13.3. The van der Waals surface area contributed by atoms with Crippen LogP contribution in [0.5, 0.6) is 5.75 Å². The number of carbonyl (C=O) groups excluding carboxylic acids is 2. The predicted octanol–water partition coefficient (Wildman–Crippen LogP) is 5.44. The van der Waals surface area contributed by atoms with E-state index in [1.165, 1.54) is 0 Å². The molecule has 0 spiro atoms. The van der Waals surface area contributed by atoms with Gasteiger partial charge in [-0.15, -0.1) is 0 Å². The largest absolute Gasteiger partial charge is 0.507 e. The van der Waals surface area contributed by atoms with Gasteiger partial charge in [-0.3, -0.25) is 9.59 Å². The lowest BCUT2D eigenvalue weighted by molar-refractivity contribution is -0.139. The smallest absolute Gasteiger partial charge is 0.295 e. The van der Waals surface area contributed by atoms with Crippen molar-refractivity contribution in [2.24, 2.45) is 0 Å². The summed E-state index contributed by atoms with van der Waals surface area (Å²) in [6, 6.07) is 22.1. The fraction of sp³-hybridized carbons (Fsp3) is 0.214. The average molecular weight is 518 g/mol. The Bertz CT molecular complexity index is 1300. The first kappa shape index (κ1) is 22.4. The van der Waals surface area contributed by atoms with Gasteiger partial charge in [0.2, 0.25) is 0 Å². The van der Waals surface area contributed by atoms with Crippen molar-refractivity contribution in [1.82, 2.24) is 4.90 Å². The van der Waals surface area contributed by atoms with Crippen LogP contribution in [0.25, 0.3) is 5.76 Å². The van der Waals surface area contributed by atoms with Crippen molar-refractivity contribution in [3.63, 3.8) is 0 Å². The lowest BCUT2D eigenvalue weighted by Crippen LogP contribution is -2.31. The standard InChI is InChI=1S/C28H24BrNO4/c1-17-14-21-15-20(10-11-23(21)34-17)26(31)24-25(19-8-5-9-22(29)16-19)30(28(33)27(24)32)13-12-18-6-3-2-4-7-18/h2-11,15-17,25,31H,12-14H2,1H3/b26-24+/t17-,25-/m0/s1. The van der Waals surface area contributed by atoms with Crippen LogP contribution >= 0.6 is 15.9 Å². The Balaban J connectivity index is 1.58. The zero-order valence-corrected chi connectivity index (χ0v) is 20.3. The molecular formula is C28H24BrNO4. The molecule has 0 bridgehead atoms. The van der Waals surface area contributed by atoms with Gasteiger partial charge < -0.3 is 14.7 Å². The number of aliphatic hydroxyl groups is 1. The lowest BCUT2D eigenvalue weighted by Gasteiger charge is -2.25. The third kappa shape index (κ3) is 4.14. The molecule has 1 amide bonds. The maximum Gasteiger partial charge on any atom is 0.295 e. The number of fused-ring (bicyclic) bond motifs is 1. The number of rotatable bonds is 5. The van der Waals surface area contributed by atoms with Gasteiger partial charge in [0, 0.05) is 23.0 Å². The van der Waals surface area contributed by atoms with Crippen LogP contribution in [0.2, 0.25) is 0 Å². The monoisotopic (exact) mass is 517 g/mol. The molecule has 0 radical (unpaired) electrons. The maximum absolute atomic E-state index is 13.3. The number of likely N-dealkylation sites (tertiary alicyclic amines) is 1. The number of hydrogen-bond donors (Lipinski definition) is 1. The third-order valence-electron chi connectivity index (χ3n) is 6.36. The van der Waals surface area contributed by atoms with Gasteiger partial charge >= 0.3 is 0 Å². The topological polar surface area (TPSA) is 66.8 Å². The molecule has 1 fully saturated rings. The Labute approximate surface area is 206 Å². The van der Waals surface area contributed by atoms with E-state index in [9.17, 15) is 14.7 Å². The minimum Gasteiger partial charge on any atom is -0.507 e. The van der Waals surface area contributed by atoms with Crippen molar-refractivity contribution in [2.75, 3.05) is 6.54 Å². The van der Waals surface area contributed by atoms with Crippen LogP contribution in [0, 0.1) is 0 Å². The highest BCUT2D eigenvalue weighted by molar-refractivity contribution is 9.10. The molecule has 1 saturated heterocycles. The molecule has 172 valence electrons. The van der Waals surface area contributed by atoms with Crippen molar-refractivity contribution >= 4 is 33.4 Å². The molecular weight excluding hydrogens is 494 g/mol. The average Bonchev–Trinajstić information content (AvgIpc) is 3.33. The van der Waals surface area contributed by atoms with Crippen LogP contribution in [0.1, 0.15) is 35.2 Å². The second-order valence-electron chi connectivity index (χ2n) is 8.74. The molecule has 2 atom stereocenters. The van der Waals surface area contributed by atoms with E-state index in [1.54, 1.807) is 11.0 Å². The Morgan fingerprint density at radius 1 is 1.06 bits per heavy atom. The number of nitrogens with zero attached hydrogens (tertiary/aromatic N) is 1. The quantitative estimate of drug-likeness (QED) is 0.278. The van der Waals surface area contributed by atoms with Gasteiger partial charge in [0.1, 0.15) is 17.6 Å². The minimum atomic E-state index is -0.676. The molecule has 0 saturated carbocycles. The van der Waals surface area contributed by atoms with E-state index < -0.39 is 17.7 Å². The highest BCUT2D eigenvalue weighted by Crippen LogP contribution is 2.41. The van der Waals surface area contributed by atoms with E-state index in [4.69, 9.17) is 4.74 Å². The molecule has 34 heavy (non-hydrogen) atoms. The van der Waals surface area contributed by atoms with Crippen LogP contribution < -0.4 is 4.74 Å². The van der Waals surface area contributed by atoms with Crippen LogP contribution in [-0.2, 0) is 22.4 Å². The second kappa shape index (κ2) is 9.11. The van der Waals surface area contributed by atoms with Gasteiger partial charge in [0.25, 0.3) is 11.7 Å². The molecule has 0 unspecified atom stereocenters. The molecule has 3 aromatic rings. The van der Waals surface area contributed by atoms with Crippen molar-refractivity contribution in [1.29, 1.82) is 0 Å². The number of aliphatic hydroxyl groups excluding tert-OH is 1. The van der Waals surface area contributed by atoms with E-state index in [0.29, 0.717) is 18.5 Å². The number of ether oxygens (including phenoxy) is 1. The number of benzene rings is 3. The zero-order chi connectivity index (χ0) is 23.8. The number of hydrogen-bond acceptors (Lipinski definition) is 4. The number of halogens is 1. The van der Waals surface area contributed by atoms with E-state index in [0.717, 1.165) is 33.3 Å². The highest BCUT2D eigenvalue weighted by atomic mass is 79.9. The molecule has 2 aliphatic heterocycles.